The molecular formula is C15H15N3OS. The number of nitrogens with zero attached hydrogens (tertiary/aromatic N) is 2. The molecule has 0 aliphatic rings. The van der Waals surface area contributed by atoms with Gasteiger partial charge in [0.1, 0.15) is 4.99 Å². The van der Waals surface area contributed by atoms with E-state index in [0.717, 1.165) is 5.69 Å². The fourth-order valence-electron chi connectivity index (χ4n) is 1.96. The van der Waals surface area contributed by atoms with Crippen molar-refractivity contribution in [3.63, 3.8) is 0 Å². The maximum atomic E-state index is 12.5. The minimum absolute atomic E-state index is 0.126. The van der Waals surface area contributed by atoms with E-state index in [-0.39, 0.29) is 10.9 Å². The molecule has 1 amide bonds. The molecular weight excluding hydrogens is 270 g/mol. The van der Waals surface area contributed by atoms with Crippen molar-refractivity contribution < 1.29 is 4.79 Å². The Bertz CT molecular complexity index is 670. The number of rotatable bonds is 3. The maximum absolute atomic E-state index is 12.5. The SMILES string of the molecule is Cc1cc(C(=O)N(C)c2ccccc2C(N)=S)ccn1. The molecule has 4 nitrogen and oxygen atoms in total. The molecule has 0 atom stereocenters. The smallest absolute Gasteiger partial charge is 0.258 e. The number of pyridine rings is 1. The number of benzene rings is 1. The van der Waals surface area contributed by atoms with Crippen LogP contribution in [0.3, 0.4) is 0 Å². The Morgan fingerprint density at radius 2 is 2.00 bits per heavy atom. The van der Waals surface area contributed by atoms with Gasteiger partial charge in [0.15, 0.2) is 0 Å². The molecule has 0 aliphatic heterocycles. The van der Waals surface area contributed by atoms with E-state index in [1.807, 2.05) is 25.1 Å². The Morgan fingerprint density at radius 3 is 2.65 bits per heavy atom. The Balaban J connectivity index is 2.39. The zero-order valence-electron chi connectivity index (χ0n) is 11.3. The summed E-state index contributed by atoms with van der Waals surface area (Å²) in [7, 11) is 1.70. The van der Waals surface area contributed by atoms with Crippen molar-refractivity contribution in [3.8, 4) is 0 Å². The standard InChI is InChI=1S/C15H15N3OS/c1-10-9-11(7-8-17-10)15(19)18(2)13-6-4-3-5-12(13)14(16)20/h3-9H,1-2H3,(H2,16,20). The minimum atomic E-state index is -0.126. The highest BCUT2D eigenvalue weighted by atomic mass is 32.1. The molecule has 0 fully saturated rings. The predicted octanol–water partition coefficient (Wildman–Crippen LogP) is 2.30. The number of amides is 1. The quantitative estimate of drug-likeness (QED) is 0.879. The highest BCUT2D eigenvalue weighted by Crippen LogP contribution is 2.21. The third kappa shape index (κ3) is 2.83. The van der Waals surface area contributed by atoms with Crippen molar-refractivity contribution in [1.29, 1.82) is 0 Å². The molecule has 1 aromatic heterocycles. The average Bonchev–Trinajstić information content (AvgIpc) is 2.45. The molecule has 0 aliphatic carbocycles. The first kappa shape index (κ1) is 14.1. The van der Waals surface area contributed by atoms with Gasteiger partial charge in [-0.25, -0.2) is 0 Å². The van der Waals surface area contributed by atoms with Gasteiger partial charge in [-0.2, -0.15) is 0 Å². The molecule has 1 aromatic carbocycles. The van der Waals surface area contributed by atoms with Gasteiger partial charge in [-0.1, -0.05) is 24.4 Å². The number of thiocarbonyl (C=S) groups is 1. The Labute approximate surface area is 123 Å². The number of hydrogen-bond donors (Lipinski definition) is 1. The van der Waals surface area contributed by atoms with Crippen molar-refractivity contribution in [2.75, 3.05) is 11.9 Å². The van der Waals surface area contributed by atoms with E-state index >= 15 is 0 Å². The second-order valence-electron chi connectivity index (χ2n) is 4.43. The van der Waals surface area contributed by atoms with Crippen LogP contribution in [0.5, 0.6) is 0 Å². The topological polar surface area (TPSA) is 59.2 Å². The molecule has 20 heavy (non-hydrogen) atoms. The molecule has 102 valence electrons. The number of carbonyl (C=O) groups is 1. The lowest BCUT2D eigenvalue weighted by molar-refractivity contribution is 0.0993. The van der Waals surface area contributed by atoms with E-state index in [2.05, 4.69) is 4.98 Å². The normalized spacial score (nSPS) is 10.1. The molecule has 2 aromatic rings. The van der Waals surface area contributed by atoms with Gasteiger partial charge < -0.3 is 10.6 Å². The number of nitrogens with two attached hydrogens (primary N) is 1. The second kappa shape index (κ2) is 5.79. The summed E-state index contributed by atoms with van der Waals surface area (Å²) in [6.45, 7) is 1.85. The van der Waals surface area contributed by atoms with Crippen LogP contribution < -0.4 is 10.6 Å². The number of aryl methyl sites for hydroxylation is 1. The van der Waals surface area contributed by atoms with Gasteiger partial charge in [0.05, 0.1) is 5.69 Å². The number of anilines is 1. The molecule has 5 heteroatoms. The molecule has 0 saturated heterocycles. The van der Waals surface area contributed by atoms with Crippen molar-refractivity contribution in [3.05, 3.63) is 59.4 Å². The fraction of sp³-hybridized carbons (Fsp3) is 0.133. The second-order valence-corrected chi connectivity index (χ2v) is 4.87. The minimum Gasteiger partial charge on any atom is -0.389 e. The fourth-order valence-corrected chi connectivity index (χ4v) is 2.13. The monoisotopic (exact) mass is 285 g/mol. The van der Waals surface area contributed by atoms with E-state index in [0.29, 0.717) is 16.8 Å². The first-order valence-electron chi connectivity index (χ1n) is 6.10. The summed E-state index contributed by atoms with van der Waals surface area (Å²) in [6.07, 6.45) is 1.62. The zero-order valence-corrected chi connectivity index (χ0v) is 12.1. The zero-order chi connectivity index (χ0) is 14.7. The van der Waals surface area contributed by atoms with Gasteiger partial charge in [0.25, 0.3) is 5.91 Å². The Hall–Kier alpha value is -2.27. The third-order valence-corrected chi connectivity index (χ3v) is 3.20. The van der Waals surface area contributed by atoms with E-state index in [1.54, 1.807) is 36.3 Å². The molecule has 0 radical (unpaired) electrons. The maximum Gasteiger partial charge on any atom is 0.258 e. The summed E-state index contributed by atoms with van der Waals surface area (Å²) in [4.78, 5) is 18.4. The lowest BCUT2D eigenvalue weighted by atomic mass is 10.1. The Kier molecular flexibility index (Phi) is 4.10. The van der Waals surface area contributed by atoms with Crippen molar-refractivity contribution in [2.24, 2.45) is 5.73 Å². The van der Waals surface area contributed by atoms with Crippen LogP contribution in [-0.4, -0.2) is 22.9 Å². The van der Waals surface area contributed by atoms with Crippen LogP contribution in [0.4, 0.5) is 5.69 Å². The van der Waals surface area contributed by atoms with Crippen molar-refractivity contribution >= 4 is 28.8 Å². The lowest BCUT2D eigenvalue weighted by Crippen LogP contribution is -2.28. The average molecular weight is 285 g/mol. The van der Waals surface area contributed by atoms with Crippen molar-refractivity contribution in [1.82, 2.24) is 4.98 Å². The molecule has 2 N–H and O–H groups in total. The lowest BCUT2D eigenvalue weighted by Gasteiger charge is -2.20. The number of para-hydroxylation sites is 1. The molecule has 1 heterocycles. The summed E-state index contributed by atoms with van der Waals surface area (Å²) in [5, 5.41) is 0. The van der Waals surface area contributed by atoms with Crippen LogP contribution in [0.2, 0.25) is 0 Å². The molecule has 0 saturated carbocycles. The highest BCUT2D eigenvalue weighted by Gasteiger charge is 2.17. The van der Waals surface area contributed by atoms with Crippen LogP contribution >= 0.6 is 12.2 Å². The molecule has 0 unspecified atom stereocenters. The third-order valence-electron chi connectivity index (χ3n) is 2.98. The van der Waals surface area contributed by atoms with E-state index in [4.69, 9.17) is 18.0 Å². The van der Waals surface area contributed by atoms with Crippen LogP contribution in [-0.2, 0) is 0 Å². The largest absolute Gasteiger partial charge is 0.389 e. The van der Waals surface area contributed by atoms with Crippen LogP contribution in [0.25, 0.3) is 0 Å². The van der Waals surface area contributed by atoms with Gasteiger partial charge in [-0.3, -0.25) is 9.78 Å². The number of hydrogen-bond acceptors (Lipinski definition) is 3. The van der Waals surface area contributed by atoms with E-state index < -0.39 is 0 Å². The van der Waals surface area contributed by atoms with E-state index in [9.17, 15) is 4.79 Å². The first-order valence-corrected chi connectivity index (χ1v) is 6.51. The van der Waals surface area contributed by atoms with Crippen LogP contribution in [0.1, 0.15) is 21.6 Å². The summed E-state index contributed by atoms with van der Waals surface area (Å²) in [5.74, 6) is -0.126. The van der Waals surface area contributed by atoms with Crippen LogP contribution in [0.15, 0.2) is 42.6 Å². The van der Waals surface area contributed by atoms with Gasteiger partial charge in [-0.15, -0.1) is 0 Å². The van der Waals surface area contributed by atoms with Gasteiger partial charge in [-0.05, 0) is 31.2 Å². The van der Waals surface area contributed by atoms with Gasteiger partial charge >= 0.3 is 0 Å². The summed E-state index contributed by atoms with van der Waals surface area (Å²) >= 11 is 5.02. The number of aromatic nitrogens is 1. The van der Waals surface area contributed by atoms with Gasteiger partial charge in [0, 0.05) is 30.1 Å². The number of carbonyl (C=O) groups excluding carboxylic acids is 1. The first-order chi connectivity index (χ1) is 9.50. The van der Waals surface area contributed by atoms with E-state index in [1.165, 1.54) is 0 Å². The molecule has 0 bridgehead atoms. The summed E-state index contributed by atoms with van der Waals surface area (Å²) < 4.78 is 0. The van der Waals surface area contributed by atoms with Crippen molar-refractivity contribution in [2.45, 2.75) is 6.92 Å². The highest BCUT2D eigenvalue weighted by molar-refractivity contribution is 7.80. The summed E-state index contributed by atoms with van der Waals surface area (Å²) in [6, 6.07) is 10.8. The van der Waals surface area contributed by atoms with Crippen LogP contribution in [0, 0.1) is 6.92 Å². The predicted molar refractivity (Wildman–Crippen MR) is 84.0 cm³/mol. The molecule has 0 spiro atoms. The Morgan fingerprint density at radius 1 is 1.30 bits per heavy atom. The van der Waals surface area contributed by atoms with Gasteiger partial charge in [0.2, 0.25) is 0 Å². The molecule has 2 rings (SSSR count). The summed E-state index contributed by atoms with van der Waals surface area (Å²) in [5.41, 5.74) is 8.46.